The van der Waals surface area contributed by atoms with Crippen LogP contribution in [-0.4, -0.2) is 27.4 Å². The Hall–Kier alpha value is -1.40. The molecular formula is C14H20N2O3S. The third kappa shape index (κ3) is 2.86. The molecule has 0 aromatic heterocycles. The first-order valence-electron chi connectivity index (χ1n) is 6.92. The number of amides is 1. The molecule has 0 radical (unpaired) electrons. The summed E-state index contributed by atoms with van der Waals surface area (Å²) in [6.45, 7) is 4.81. The van der Waals surface area contributed by atoms with E-state index in [0.717, 1.165) is 17.7 Å². The number of benzene rings is 1. The summed E-state index contributed by atoms with van der Waals surface area (Å²) in [6, 6.07) is 4.98. The molecular weight excluding hydrogens is 276 g/mol. The maximum atomic E-state index is 12.1. The first-order chi connectivity index (χ1) is 9.49. The van der Waals surface area contributed by atoms with Gasteiger partial charge in [-0.25, -0.2) is 13.1 Å². The van der Waals surface area contributed by atoms with Crippen LogP contribution in [0.25, 0.3) is 0 Å². The van der Waals surface area contributed by atoms with Crippen LogP contribution < -0.4 is 9.62 Å². The highest BCUT2D eigenvalue weighted by atomic mass is 32.2. The number of hydrogen-bond acceptors (Lipinski definition) is 3. The number of rotatable bonds is 5. The molecule has 0 saturated carbocycles. The van der Waals surface area contributed by atoms with Crippen molar-refractivity contribution in [1.82, 2.24) is 4.72 Å². The van der Waals surface area contributed by atoms with Gasteiger partial charge in [0.15, 0.2) is 0 Å². The number of carbonyl (C=O) groups excluding carboxylic acids is 1. The van der Waals surface area contributed by atoms with Crippen LogP contribution in [0, 0.1) is 0 Å². The van der Waals surface area contributed by atoms with Crippen LogP contribution >= 0.6 is 0 Å². The molecule has 5 nitrogen and oxygen atoms in total. The first-order valence-corrected chi connectivity index (χ1v) is 8.41. The fourth-order valence-electron chi connectivity index (χ4n) is 2.31. The number of nitrogens with zero attached hydrogens (tertiary/aromatic N) is 1. The smallest absolute Gasteiger partial charge is 0.240 e. The predicted molar refractivity (Wildman–Crippen MR) is 78.3 cm³/mol. The number of hydrogen-bond donors (Lipinski definition) is 1. The summed E-state index contributed by atoms with van der Waals surface area (Å²) >= 11 is 0. The Labute approximate surface area is 120 Å². The molecule has 1 aromatic carbocycles. The second kappa shape index (κ2) is 5.93. The summed E-state index contributed by atoms with van der Waals surface area (Å²) in [7, 11) is -3.44. The Morgan fingerprint density at radius 2 is 2.10 bits per heavy atom. The number of carbonyl (C=O) groups is 1. The Bertz CT molecular complexity index is 611. The van der Waals surface area contributed by atoms with Crippen LogP contribution in [0.3, 0.4) is 0 Å². The zero-order valence-corrected chi connectivity index (χ0v) is 12.7. The lowest BCUT2D eigenvalue weighted by molar-refractivity contribution is -0.118. The highest BCUT2D eigenvalue weighted by Gasteiger charge is 2.25. The molecule has 110 valence electrons. The number of anilines is 1. The SMILES string of the molecule is CCCNS(=O)(=O)c1ccc2c(c1)CCN2C(=O)CC. The van der Waals surface area contributed by atoms with Crippen molar-refractivity contribution in [2.24, 2.45) is 0 Å². The molecule has 0 unspecified atom stereocenters. The van der Waals surface area contributed by atoms with Crippen LogP contribution in [0.15, 0.2) is 23.1 Å². The summed E-state index contributed by atoms with van der Waals surface area (Å²) in [5.41, 5.74) is 1.76. The van der Waals surface area contributed by atoms with Crippen molar-refractivity contribution < 1.29 is 13.2 Å². The van der Waals surface area contributed by atoms with E-state index in [9.17, 15) is 13.2 Å². The number of nitrogens with one attached hydrogen (secondary N) is 1. The highest BCUT2D eigenvalue weighted by Crippen LogP contribution is 2.30. The van der Waals surface area contributed by atoms with E-state index in [0.29, 0.717) is 25.9 Å². The molecule has 1 aliphatic rings. The molecule has 2 rings (SSSR count). The minimum absolute atomic E-state index is 0.0727. The second-order valence-corrected chi connectivity index (χ2v) is 6.60. The molecule has 1 amide bonds. The molecule has 0 aliphatic carbocycles. The highest BCUT2D eigenvalue weighted by molar-refractivity contribution is 7.89. The van der Waals surface area contributed by atoms with Crippen molar-refractivity contribution in [2.75, 3.05) is 18.0 Å². The largest absolute Gasteiger partial charge is 0.312 e. The predicted octanol–water partition coefficient (Wildman–Crippen LogP) is 1.67. The molecule has 1 heterocycles. The van der Waals surface area contributed by atoms with Gasteiger partial charge < -0.3 is 4.90 Å². The molecule has 0 saturated heterocycles. The first kappa shape index (κ1) is 15.0. The van der Waals surface area contributed by atoms with Gasteiger partial charge in [-0.2, -0.15) is 0 Å². The van der Waals surface area contributed by atoms with E-state index in [1.54, 1.807) is 23.1 Å². The normalized spacial score (nSPS) is 14.4. The van der Waals surface area contributed by atoms with Gasteiger partial charge in [-0.15, -0.1) is 0 Å². The third-order valence-electron chi connectivity index (χ3n) is 3.40. The van der Waals surface area contributed by atoms with E-state index in [1.807, 2.05) is 13.8 Å². The van der Waals surface area contributed by atoms with E-state index in [-0.39, 0.29) is 10.8 Å². The fourth-order valence-corrected chi connectivity index (χ4v) is 3.50. The van der Waals surface area contributed by atoms with E-state index >= 15 is 0 Å². The minimum atomic E-state index is -3.44. The van der Waals surface area contributed by atoms with Crippen LogP contribution in [0.2, 0.25) is 0 Å². The monoisotopic (exact) mass is 296 g/mol. The zero-order chi connectivity index (χ0) is 14.8. The molecule has 0 fully saturated rings. The van der Waals surface area contributed by atoms with Gasteiger partial charge in [0, 0.05) is 25.2 Å². The standard InChI is InChI=1S/C14H20N2O3S/c1-3-8-15-20(18,19)12-5-6-13-11(10-12)7-9-16(13)14(17)4-2/h5-6,10,15H,3-4,7-9H2,1-2H3. The Morgan fingerprint density at radius 3 is 2.75 bits per heavy atom. The topological polar surface area (TPSA) is 66.5 Å². The number of sulfonamides is 1. The van der Waals surface area contributed by atoms with Crippen molar-refractivity contribution in [3.63, 3.8) is 0 Å². The molecule has 6 heteroatoms. The van der Waals surface area contributed by atoms with Crippen molar-refractivity contribution in [3.8, 4) is 0 Å². The summed E-state index contributed by atoms with van der Waals surface area (Å²) in [5, 5.41) is 0. The van der Waals surface area contributed by atoms with E-state index in [2.05, 4.69) is 4.72 Å². The maximum absolute atomic E-state index is 12.1. The molecule has 1 N–H and O–H groups in total. The summed E-state index contributed by atoms with van der Waals surface area (Å²) in [5.74, 6) is 0.0727. The van der Waals surface area contributed by atoms with Gasteiger partial charge in [-0.3, -0.25) is 4.79 Å². The zero-order valence-electron chi connectivity index (χ0n) is 11.8. The minimum Gasteiger partial charge on any atom is -0.312 e. The average molecular weight is 296 g/mol. The van der Waals surface area contributed by atoms with Crippen molar-refractivity contribution in [3.05, 3.63) is 23.8 Å². The van der Waals surface area contributed by atoms with Crippen LogP contribution in [0.4, 0.5) is 5.69 Å². The fraction of sp³-hybridized carbons (Fsp3) is 0.500. The molecule has 20 heavy (non-hydrogen) atoms. The van der Waals surface area contributed by atoms with Crippen LogP contribution in [0.1, 0.15) is 32.3 Å². The third-order valence-corrected chi connectivity index (χ3v) is 4.86. The molecule has 0 spiro atoms. The van der Waals surface area contributed by atoms with Gasteiger partial charge in [0.2, 0.25) is 15.9 Å². The van der Waals surface area contributed by atoms with E-state index in [4.69, 9.17) is 0 Å². The van der Waals surface area contributed by atoms with Crippen LogP contribution in [-0.2, 0) is 21.2 Å². The van der Waals surface area contributed by atoms with Gasteiger partial charge in [-0.1, -0.05) is 13.8 Å². The quantitative estimate of drug-likeness (QED) is 0.899. The molecule has 1 aromatic rings. The van der Waals surface area contributed by atoms with E-state index in [1.165, 1.54) is 0 Å². The van der Waals surface area contributed by atoms with Gasteiger partial charge in [-0.05, 0) is 36.6 Å². The van der Waals surface area contributed by atoms with Gasteiger partial charge in [0.25, 0.3) is 0 Å². The van der Waals surface area contributed by atoms with E-state index < -0.39 is 10.0 Å². The summed E-state index contributed by atoms with van der Waals surface area (Å²) in [6.07, 6.45) is 1.92. The van der Waals surface area contributed by atoms with Crippen molar-refractivity contribution in [1.29, 1.82) is 0 Å². The Morgan fingerprint density at radius 1 is 1.35 bits per heavy atom. The van der Waals surface area contributed by atoms with Gasteiger partial charge in [0.05, 0.1) is 4.90 Å². The summed E-state index contributed by atoms with van der Waals surface area (Å²) < 4.78 is 26.7. The Balaban J connectivity index is 2.29. The lowest BCUT2D eigenvalue weighted by Gasteiger charge is -2.16. The molecule has 1 aliphatic heterocycles. The number of fused-ring (bicyclic) bond motifs is 1. The lowest BCUT2D eigenvalue weighted by Crippen LogP contribution is -2.28. The molecule has 0 bridgehead atoms. The van der Waals surface area contributed by atoms with Crippen molar-refractivity contribution in [2.45, 2.75) is 38.0 Å². The second-order valence-electron chi connectivity index (χ2n) is 4.84. The lowest BCUT2D eigenvalue weighted by atomic mass is 10.2. The Kier molecular flexibility index (Phi) is 4.45. The maximum Gasteiger partial charge on any atom is 0.240 e. The van der Waals surface area contributed by atoms with Crippen molar-refractivity contribution >= 4 is 21.6 Å². The van der Waals surface area contributed by atoms with Gasteiger partial charge >= 0.3 is 0 Å². The molecule has 0 atom stereocenters. The van der Waals surface area contributed by atoms with Crippen LogP contribution in [0.5, 0.6) is 0 Å². The van der Waals surface area contributed by atoms with Gasteiger partial charge in [0.1, 0.15) is 0 Å². The summed E-state index contributed by atoms with van der Waals surface area (Å²) in [4.78, 5) is 13.8. The average Bonchev–Trinajstić information content (AvgIpc) is 2.87.